The molecule has 0 bridgehead atoms. The molecule has 2 aromatic carbocycles. The highest BCUT2D eigenvalue weighted by atomic mass is 19.1. The number of hydrogen-bond acceptors (Lipinski definition) is 4. The van der Waals surface area contributed by atoms with Crippen molar-refractivity contribution in [3.05, 3.63) is 53.3 Å². The molecule has 4 nitrogen and oxygen atoms in total. The summed E-state index contributed by atoms with van der Waals surface area (Å²) in [6.07, 6.45) is 2.11. The first-order chi connectivity index (χ1) is 13.8. The lowest BCUT2D eigenvalue weighted by molar-refractivity contribution is -0.168. The Morgan fingerprint density at radius 3 is 2.59 bits per heavy atom. The fourth-order valence-electron chi connectivity index (χ4n) is 3.51. The summed E-state index contributed by atoms with van der Waals surface area (Å²) in [6, 6.07) is 10.3. The Morgan fingerprint density at radius 1 is 1.14 bits per heavy atom. The van der Waals surface area contributed by atoms with E-state index in [-0.39, 0.29) is 12.1 Å². The molecule has 1 aliphatic rings. The van der Waals surface area contributed by atoms with Gasteiger partial charge in [-0.3, -0.25) is 0 Å². The Kier molecular flexibility index (Phi) is 6.93. The molecule has 2 aromatic rings. The molecule has 0 spiro atoms. The van der Waals surface area contributed by atoms with Gasteiger partial charge in [0.2, 0.25) is 0 Å². The standard InChI is InChI=1S/C24H31FO4/c1-24(2,3)23(26)20-13-16(15-29-22-7-5-6-12-28-22)8-10-18(20)19-14-17(27-4)9-11-21(19)25/h8-11,13-14,22-23,26H,5-7,12,15H2,1-4H3. The molecular weight excluding hydrogens is 371 g/mol. The lowest BCUT2D eigenvalue weighted by atomic mass is 9.81. The van der Waals surface area contributed by atoms with Gasteiger partial charge < -0.3 is 19.3 Å². The third-order valence-corrected chi connectivity index (χ3v) is 5.27. The third-order valence-electron chi connectivity index (χ3n) is 5.27. The molecule has 0 saturated carbocycles. The minimum absolute atomic E-state index is 0.185. The van der Waals surface area contributed by atoms with Gasteiger partial charge in [0.05, 0.1) is 19.8 Å². The van der Waals surface area contributed by atoms with Gasteiger partial charge in [0.25, 0.3) is 0 Å². The zero-order valence-corrected chi connectivity index (χ0v) is 17.7. The van der Waals surface area contributed by atoms with Gasteiger partial charge in [0.15, 0.2) is 6.29 Å². The van der Waals surface area contributed by atoms with Gasteiger partial charge in [0.1, 0.15) is 11.6 Å². The van der Waals surface area contributed by atoms with Gasteiger partial charge in [-0.1, -0.05) is 39.0 Å². The monoisotopic (exact) mass is 402 g/mol. The molecule has 158 valence electrons. The molecule has 0 aliphatic carbocycles. The SMILES string of the molecule is COc1ccc(F)c(-c2ccc(COC3CCCCO3)cc2C(O)C(C)(C)C)c1. The van der Waals surface area contributed by atoms with Crippen molar-refractivity contribution in [2.45, 2.75) is 59.0 Å². The highest BCUT2D eigenvalue weighted by molar-refractivity contribution is 5.70. The Bertz CT molecular complexity index is 822. The van der Waals surface area contributed by atoms with Crippen molar-refractivity contribution in [1.82, 2.24) is 0 Å². The topological polar surface area (TPSA) is 47.9 Å². The van der Waals surface area contributed by atoms with Crippen molar-refractivity contribution in [2.24, 2.45) is 5.41 Å². The van der Waals surface area contributed by atoms with Gasteiger partial charge >= 0.3 is 0 Å². The zero-order valence-electron chi connectivity index (χ0n) is 17.7. The Morgan fingerprint density at radius 2 is 1.93 bits per heavy atom. The highest BCUT2D eigenvalue weighted by Gasteiger charge is 2.27. The molecule has 0 radical (unpaired) electrons. The van der Waals surface area contributed by atoms with Crippen LogP contribution in [0, 0.1) is 11.2 Å². The van der Waals surface area contributed by atoms with E-state index in [1.54, 1.807) is 19.2 Å². The smallest absolute Gasteiger partial charge is 0.158 e. The van der Waals surface area contributed by atoms with E-state index in [0.717, 1.165) is 31.4 Å². The fourth-order valence-corrected chi connectivity index (χ4v) is 3.51. The number of benzene rings is 2. The summed E-state index contributed by atoms with van der Waals surface area (Å²) in [7, 11) is 1.55. The van der Waals surface area contributed by atoms with Crippen LogP contribution in [-0.2, 0) is 16.1 Å². The van der Waals surface area contributed by atoms with Crippen LogP contribution in [0.15, 0.2) is 36.4 Å². The molecule has 1 aliphatic heterocycles. The summed E-state index contributed by atoms with van der Waals surface area (Å²) < 4.78 is 31.4. The average molecular weight is 403 g/mol. The molecule has 0 aromatic heterocycles. The molecule has 5 heteroatoms. The minimum Gasteiger partial charge on any atom is -0.497 e. The van der Waals surface area contributed by atoms with Crippen LogP contribution < -0.4 is 4.74 Å². The van der Waals surface area contributed by atoms with Crippen LogP contribution in [-0.4, -0.2) is 25.1 Å². The van der Waals surface area contributed by atoms with Crippen LogP contribution in [0.2, 0.25) is 0 Å². The maximum atomic E-state index is 14.6. The van der Waals surface area contributed by atoms with E-state index in [4.69, 9.17) is 14.2 Å². The van der Waals surface area contributed by atoms with Crippen LogP contribution >= 0.6 is 0 Å². The Balaban J connectivity index is 1.95. The Hall–Kier alpha value is -1.95. The molecule has 3 rings (SSSR count). The first-order valence-corrected chi connectivity index (χ1v) is 10.2. The average Bonchev–Trinajstić information content (AvgIpc) is 2.72. The first kappa shape index (κ1) is 21.8. The molecule has 2 atom stereocenters. The second-order valence-corrected chi connectivity index (χ2v) is 8.64. The molecule has 29 heavy (non-hydrogen) atoms. The number of ether oxygens (including phenoxy) is 3. The highest BCUT2D eigenvalue weighted by Crippen LogP contribution is 2.40. The number of methoxy groups -OCH3 is 1. The number of rotatable bonds is 6. The van der Waals surface area contributed by atoms with Gasteiger partial charge in [0, 0.05) is 12.2 Å². The summed E-state index contributed by atoms with van der Waals surface area (Å²) in [5.74, 6) is 0.215. The second-order valence-electron chi connectivity index (χ2n) is 8.64. The number of hydrogen-bond donors (Lipinski definition) is 1. The normalized spacial score (nSPS) is 18.5. The van der Waals surface area contributed by atoms with Crippen molar-refractivity contribution in [3.63, 3.8) is 0 Å². The molecule has 1 N–H and O–H groups in total. The predicted octanol–water partition coefficient (Wildman–Crippen LogP) is 5.62. The number of aliphatic hydroxyl groups excluding tert-OH is 1. The maximum absolute atomic E-state index is 14.6. The van der Waals surface area contributed by atoms with Crippen LogP contribution in [0.1, 0.15) is 57.3 Å². The number of halogens is 1. The summed E-state index contributed by atoms with van der Waals surface area (Å²) in [5, 5.41) is 11.0. The van der Waals surface area contributed by atoms with Crippen molar-refractivity contribution in [2.75, 3.05) is 13.7 Å². The van der Waals surface area contributed by atoms with Gasteiger partial charge in [-0.25, -0.2) is 4.39 Å². The van der Waals surface area contributed by atoms with E-state index in [1.807, 2.05) is 39.0 Å². The molecule has 2 unspecified atom stereocenters. The van der Waals surface area contributed by atoms with E-state index in [1.165, 1.54) is 6.07 Å². The fraction of sp³-hybridized carbons (Fsp3) is 0.500. The van der Waals surface area contributed by atoms with Crippen molar-refractivity contribution in [3.8, 4) is 16.9 Å². The minimum atomic E-state index is -0.769. The van der Waals surface area contributed by atoms with E-state index < -0.39 is 11.5 Å². The van der Waals surface area contributed by atoms with Crippen LogP contribution in [0.25, 0.3) is 11.1 Å². The van der Waals surface area contributed by atoms with E-state index in [0.29, 0.717) is 29.0 Å². The van der Waals surface area contributed by atoms with Crippen LogP contribution in [0.5, 0.6) is 5.75 Å². The maximum Gasteiger partial charge on any atom is 0.158 e. The van der Waals surface area contributed by atoms with Gasteiger partial charge in [-0.2, -0.15) is 0 Å². The van der Waals surface area contributed by atoms with Crippen molar-refractivity contribution in [1.29, 1.82) is 0 Å². The van der Waals surface area contributed by atoms with Gasteiger partial charge in [-0.05, 0) is 59.6 Å². The van der Waals surface area contributed by atoms with E-state index in [2.05, 4.69) is 0 Å². The van der Waals surface area contributed by atoms with E-state index >= 15 is 0 Å². The molecule has 1 fully saturated rings. The molecular formula is C24H31FO4. The molecule has 1 saturated heterocycles. The van der Waals surface area contributed by atoms with Crippen LogP contribution in [0.3, 0.4) is 0 Å². The third kappa shape index (κ3) is 5.35. The summed E-state index contributed by atoms with van der Waals surface area (Å²) in [4.78, 5) is 0. The predicted molar refractivity (Wildman–Crippen MR) is 111 cm³/mol. The quantitative estimate of drug-likeness (QED) is 0.681. The molecule has 1 heterocycles. The van der Waals surface area contributed by atoms with Crippen molar-refractivity contribution >= 4 is 0 Å². The lowest BCUT2D eigenvalue weighted by Crippen LogP contribution is -2.22. The van der Waals surface area contributed by atoms with Crippen molar-refractivity contribution < 1.29 is 23.7 Å². The van der Waals surface area contributed by atoms with Crippen LogP contribution in [0.4, 0.5) is 4.39 Å². The summed E-state index contributed by atoms with van der Waals surface area (Å²) in [6.45, 7) is 7.00. The zero-order chi connectivity index (χ0) is 21.0. The largest absolute Gasteiger partial charge is 0.497 e. The Labute approximate surface area is 172 Å². The lowest BCUT2D eigenvalue weighted by Gasteiger charge is -2.29. The van der Waals surface area contributed by atoms with E-state index in [9.17, 15) is 9.50 Å². The number of aliphatic hydroxyl groups is 1. The van der Waals surface area contributed by atoms with Gasteiger partial charge in [-0.15, -0.1) is 0 Å². The second kappa shape index (κ2) is 9.24. The molecule has 0 amide bonds. The summed E-state index contributed by atoms with van der Waals surface area (Å²) in [5.41, 5.74) is 2.25. The first-order valence-electron chi connectivity index (χ1n) is 10.2. The summed E-state index contributed by atoms with van der Waals surface area (Å²) >= 11 is 0.